The molecule has 2 N–H and O–H groups in total. The van der Waals surface area contributed by atoms with Gasteiger partial charge in [-0.1, -0.05) is 0 Å². The standard InChI is InChI=1S/C7H13F2NO2/c1-7(6(8)9)4-11-3-5(2-10)12-7/h5-6H,2-4,10H2,1H3. The van der Waals surface area contributed by atoms with E-state index in [1.807, 2.05) is 0 Å². The minimum Gasteiger partial charge on any atom is -0.375 e. The van der Waals surface area contributed by atoms with Crippen molar-refractivity contribution in [3.05, 3.63) is 0 Å². The van der Waals surface area contributed by atoms with E-state index in [4.69, 9.17) is 15.2 Å². The van der Waals surface area contributed by atoms with Crippen molar-refractivity contribution in [2.45, 2.75) is 25.1 Å². The Morgan fingerprint density at radius 1 is 1.67 bits per heavy atom. The van der Waals surface area contributed by atoms with Crippen LogP contribution in [0.4, 0.5) is 8.78 Å². The smallest absolute Gasteiger partial charge is 0.269 e. The van der Waals surface area contributed by atoms with Gasteiger partial charge in [-0.25, -0.2) is 8.78 Å². The molecule has 0 spiro atoms. The van der Waals surface area contributed by atoms with Crippen molar-refractivity contribution in [3.8, 4) is 0 Å². The molecule has 2 unspecified atom stereocenters. The van der Waals surface area contributed by atoms with Crippen LogP contribution in [0.2, 0.25) is 0 Å². The Bertz CT molecular complexity index is 156. The molecule has 1 aliphatic heterocycles. The fourth-order valence-corrected chi connectivity index (χ4v) is 1.07. The lowest BCUT2D eigenvalue weighted by Crippen LogP contribution is -2.52. The third-order valence-corrected chi connectivity index (χ3v) is 1.85. The van der Waals surface area contributed by atoms with Crippen molar-refractivity contribution in [1.29, 1.82) is 0 Å². The van der Waals surface area contributed by atoms with Crippen LogP contribution in [-0.4, -0.2) is 37.9 Å². The van der Waals surface area contributed by atoms with Crippen molar-refractivity contribution in [2.75, 3.05) is 19.8 Å². The molecule has 12 heavy (non-hydrogen) atoms. The van der Waals surface area contributed by atoms with E-state index in [1.165, 1.54) is 6.92 Å². The van der Waals surface area contributed by atoms with Gasteiger partial charge in [-0.05, 0) is 6.92 Å². The second kappa shape index (κ2) is 3.64. The summed E-state index contributed by atoms with van der Waals surface area (Å²) in [6.45, 7) is 1.78. The maximum absolute atomic E-state index is 12.4. The molecular weight excluding hydrogens is 168 g/mol. The van der Waals surface area contributed by atoms with Gasteiger partial charge >= 0.3 is 0 Å². The average molecular weight is 181 g/mol. The first-order chi connectivity index (χ1) is 5.58. The van der Waals surface area contributed by atoms with Crippen LogP contribution < -0.4 is 5.73 Å². The van der Waals surface area contributed by atoms with Gasteiger partial charge < -0.3 is 15.2 Å². The van der Waals surface area contributed by atoms with E-state index in [1.54, 1.807) is 0 Å². The zero-order chi connectivity index (χ0) is 9.19. The molecule has 0 amide bonds. The Kier molecular flexibility index (Phi) is 2.98. The minimum absolute atomic E-state index is 0.0683. The summed E-state index contributed by atoms with van der Waals surface area (Å²) >= 11 is 0. The summed E-state index contributed by atoms with van der Waals surface area (Å²) in [5.41, 5.74) is 3.79. The molecule has 1 aliphatic rings. The van der Waals surface area contributed by atoms with Crippen LogP contribution >= 0.6 is 0 Å². The molecule has 1 saturated heterocycles. The Morgan fingerprint density at radius 2 is 2.33 bits per heavy atom. The first-order valence-corrected chi connectivity index (χ1v) is 3.82. The number of ether oxygens (including phenoxy) is 2. The molecule has 0 bridgehead atoms. The van der Waals surface area contributed by atoms with Crippen molar-refractivity contribution < 1.29 is 18.3 Å². The number of nitrogens with two attached hydrogens (primary N) is 1. The van der Waals surface area contributed by atoms with Crippen molar-refractivity contribution >= 4 is 0 Å². The second-order valence-electron chi connectivity index (χ2n) is 3.10. The summed E-state index contributed by atoms with van der Waals surface area (Å²) in [4.78, 5) is 0. The predicted octanol–water partition coefficient (Wildman–Crippen LogP) is 0.384. The van der Waals surface area contributed by atoms with E-state index in [0.717, 1.165) is 0 Å². The van der Waals surface area contributed by atoms with Gasteiger partial charge in [0.2, 0.25) is 0 Å². The summed E-state index contributed by atoms with van der Waals surface area (Å²) < 4.78 is 34.8. The lowest BCUT2D eigenvalue weighted by Gasteiger charge is -2.37. The van der Waals surface area contributed by atoms with E-state index < -0.39 is 18.1 Å². The molecular formula is C7H13F2NO2. The molecule has 1 rings (SSSR count). The van der Waals surface area contributed by atoms with Crippen molar-refractivity contribution in [3.63, 3.8) is 0 Å². The molecule has 0 aliphatic carbocycles. The maximum Gasteiger partial charge on any atom is 0.269 e. The summed E-state index contributed by atoms with van der Waals surface area (Å²) in [6, 6.07) is 0. The molecule has 0 saturated carbocycles. The normalized spacial score (nSPS) is 37.2. The van der Waals surface area contributed by atoms with Gasteiger partial charge in [0, 0.05) is 6.54 Å². The zero-order valence-corrected chi connectivity index (χ0v) is 6.93. The highest BCUT2D eigenvalue weighted by atomic mass is 19.3. The van der Waals surface area contributed by atoms with Gasteiger partial charge in [0.15, 0.2) is 0 Å². The quantitative estimate of drug-likeness (QED) is 0.670. The molecule has 0 aromatic carbocycles. The summed E-state index contributed by atoms with van der Waals surface area (Å²) in [5.74, 6) is 0. The Hall–Kier alpha value is -0.260. The van der Waals surface area contributed by atoms with Crippen LogP contribution in [-0.2, 0) is 9.47 Å². The molecule has 2 atom stereocenters. The fraction of sp³-hybridized carbons (Fsp3) is 1.00. The predicted molar refractivity (Wildman–Crippen MR) is 39.2 cm³/mol. The lowest BCUT2D eigenvalue weighted by molar-refractivity contribution is -0.234. The molecule has 1 fully saturated rings. The third-order valence-electron chi connectivity index (χ3n) is 1.85. The zero-order valence-electron chi connectivity index (χ0n) is 6.93. The van der Waals surface area contributed by atoms with Gasteiger partial charge in [0.05, 0.1) is 19.3 Å². The molecule has 0 radical (unpaired) electrons. The van der Waals surface area contributed by atoms with Gasteiger partial charge in [0.25, 0.3) is 6.43 Å². The van der Waals surface area contributed by atoms with E-state index in [0.29, 0.717) is 6.61 Å². The van der Waals surface area contributed by atoms with Crippen LogP contribution in [0.5, 0.6) is 0 Å². The maximum atomic E-state index is 12.4. The minimum atomic E-state index is -2.54. The van der Waals surface area contributed by atoms with Gasteiger partial charge in [0.1, 0.15) is 5.60 Å². The number of rotatable bonds is 2. The average Bonchev–Trinajstić information content (AvgIpc) is 2.04. The number of hydrogen-bond acceptors (Lipinski definition) is 3. The van der Waals surface area contributed by atoms with E-state index in [2.05, 4.69) is 0 Å². The van der Waals surface area contributed by atoms with Crippen LogP contribution in [0.1, 0.15) is 6.92 Å². The monoisotopic (exact) mass is 181 g/mol. The molecule has 5 heteroatoms. The first-order valence-electron chi connectivity index (χ1n) is 3.82. The van der Waals surface area contributed by atoms with Crippen LogP contribution in [0.25, 0.3) is 0 Å². The Morgan fingerprint density at radius 3 is 2.83 bits per heavy atom. The molecule has 3 nitrogen and oxygen atoms in total. The SMILES string of the molecule is CC1(C(F)F)COCC(CN)O1. The Labute approximate surface area is 69.8 Å². The van der Waals surface area contributed by atoms with Crippen LogP contribution in [0.3, 0.4) is 0 Å². The summed E-state index contributed by atoms with van der Waals surface area (Å²) in [7, 11) is 0. The molecule has 72 valence electrons. The molecule has 1 heterocycles. The first kappa shape index (κ1) is 9.83. The molecule has 0 aromatic rings. The number of hydrogen-bond donors (Lipinski definition) is 1. The Balaban J connectivity index is 2.54. The number of halogens is 2. The molecule has 0 aromatic heterocycles. The van der Waals surface area contributed by atoms with Crippen LogP contribution in [0.15, 0.2) is 0 Å². The van der Waals surface area contributed by atoms with Crippen LogP contribution in [0, 0.1) is 0 Å². The second-order valence-corrected chi connectivity index (χ2v) is 3.10. The highest BCUT2D eigenvalue weighted by Gasteiger charge is 2.41. The third kappa shape index (κ3) is 1.91. The summed E-state index contributed by atoms with van der Waals surface area (Å²) in [5, 5.41) is 0. The van der Waals surface area contributed by atoms with E-state index in [9.17, 15) is 8.78 Å². The van der Waals surface area contributed by atoms with E-state index >= 15 is 0 Å². The highest BCUT2D eigenvalue weighted by Crippen LogP contribution is 2.25. The summed E-state index contributed by atoms with van der Waals surface area (Å²) in [6.07, 6.45) is -2.94. The van der Waals surface area contributed by atoms with Gasteiger partial charge in [-0.2, -0.15) is 0 Å². The van der Waals surface area contributed by atoms with Crippen molar-refractivity contribution in [1.82, 2.24) is 0 Å². The lowest BCUT2D eigenvalue weighted by atomic mass is 10.1. The largest absolute Gasteiger partial charge is 0.375 e. The highest BCUT2D eigenvalue weighted by molar-refractivity contribution is 4.83. The van der Waals surface area contributed by atoms with Crippen molar-refractivity contribution in [2.24, 2.45) is 5.73 Å². The van der Waals surface area contributed by atoms with Gasteiger partial charge in [-0.3, -0.25) is 0 Å². The van der Waals surface area contributed by atoms with Gasteiger partial charge in [-0.15, -0.1) is 0 Å². The number of alkyl halides is 2. The topological polar surface area (TPSA) is 44.5 Å². The van der Waals surface area contributed by atoms with E-state index in [-0.39, 0.29) is 13.2 Å². The fourth-order valence-electron chi connectivity index (χ4n) is 1.07.